The van der Waals surface area contributed by atoms with Crippen LogP contribution in [-0.2, 0) is 17.8 Å². The van der Waals surface area contributed by atoms with Crippen LogP contribution in [-0.4, -0.2) is 24.9 Å². The Morgan fingerprint density at radius 3 is 2.47 bits per heavy atom. The molecule has 1 aromatic carbocycles. The van der Waals surface area contributed by atoms with Crippen molar-refractivity contribution >= 4 is 22.9 Å². The molecule has 1 heterocycles. The Labute approximate surface area is 117 Å². The van der Waals surface area contributed by atoms with Crippen molar-refractivity contribution in [2.75, 3.05) is 19.4 Å². The van der Waals surface area contributed by atoms with Crippen LogP contribution in [0.2, 0.25) is 0 Å². The van der Waals surface area contributed by atoms with Gasteiger partial charge in [-0.2, -0.15) is 11.3 Å². The molecule has 1 aromatic heterocycles. The minimum absolute atomic E-state index is 0.124. The van der Waals surface area contributed by atoms with E-state index in [0.29, 0.717) is 6.42 Å². The first-order chi connectivity index (χ1) is 9.15. The van der Waals surface area contributed by atoms with E-state index in [1.807, 2.05) is 24.3 Å². The fourth-order valence-corrected chi connectivity index (χ4v) is 2.34. The highest BCUT2D eigenvalue weighted by Gasteiger charge is 2.05. The second-order valence-corrected chi connectivity index (χ2v) is 5.43. The molecule has 0 saturated carbocycles. The average molecular weight is 274 g/mol. The van der Waals surface area contributed by atoms with Crippen molar-refractivity contribution in [3.8, 4) is 0 Å². The lowest BCUT2D eigenvalue weighted by atomic mass is 10.1. The number of benzene rings is 1. The van der Waals surface area contributed by atoms with Gasteiger partial charge in [-0.25, -0.2) is 0 Å². The molecule has 0 bridgehead atoms. The molecule has 0 saturated heterocycles. The van der Waals surface area contributed by atoms with Gasteiger partial charge in [-0.05, 0) is 40.1 Å². The van der Waals surface area contributed by atoms with Crippen molar-refractivity contribution in [3.63, 3.8) is 0 Å². The van der Waals surface area contributed by atoms with Gasteiger partial charge in [0.15, 0.2) is 0 Å². The summed E-state index contributed by atoms with van der Waals surface area (Å²) in [6.07, 6.45) is 0.456. The number of carbonyl (C=O) groups is 1. The first-order valence-corrected chi connectivity index (χ1v) is 7.13. The van der Waals surface area contributed by atoms with Crippen LogP contribution in [0.3, 0.4) is 0 Å². The standard InChI is InChI=1S/C15H18N2OS/c1-17(2)15(18)9-12-3-5-14(6-4-12)16-10-13-7-8-19-11-13/h3-8,11,16H,9-10H2,1-2H3. The van der Waals surface area contributed by atoms with E-state index in [0.717, 1.165) is 17.8 Å². The Kier molecular flexibility index (Phi) is 4.58. The van der Waals surface area contributed by atoms with Crippen LogP contribution in [0.5, 0.6) is 0 Å². The molecule has 19 heavy (non-hydrogen) atoms. The van der Waals surface area contributed by atoms with E-state index in [1.165, 1.54) is 5.56 Å². The summed E-state index contributed by atoms with van der Waals surface area (Å²) >= 11 is 1.70. The van der Waals surface area contributed by atoms with Gasteiger partial charge in [0, 0.05) is 26.3 Å². The van der Waals surface area contributed by atoms with Gasteiger partial charge in [-0.15, -0.1) is 0 Å². The zero-order chi connectivity index (χ0) is 13.7. The third-order valence-corrected chi connectivity index (χ3v) is 3.62. The highest BCUT2D eigenvalue weighted by molar-refractivity contribution is 7.07. The van der Waals surface area contributed by atoms with Crippen LogP contribution in [0.4, 0.5) is 5.69 Å². The number of amides is 1. The van der Waals surface area contributed by atoms with Gasteiger partial charge in [0.25, 0.3) is 0 Å². The first kappa shape index (κ1) is 13.6. The Bertz CT molecular complexity index is 518. The molecule has 0 aliphatic rings. The van der Waals surface area contributed by atoms with Gasteiger partial charge in [-0.1, -0.05) is 12.1 Å². The van der Waals surface area contributed by atoms with Gasteiger partial charge >= 0.3 is 0 Å². The summed E-state index contributed by atoms with van der Waals surface area (Å²) in [5.41, 5.74) is 3.41. The first-order valence-electron chi connectivity index (χ1n) is 6.19. The summed E-state index contributed by atoms with van der Waals surface area (Å²) in [6.45, 7) is 0.833. The lowest BCUT2D eigenvalue weighted by Gasteiger charge is -2.10. The van der Waals surface area contributed by atoms with Gasteiger partial charge in [-0.3, -0.25) is 4.79 Å². The largest absolute Gasteiger partial charge is 0.381 e. The zero-order valence-corrected chi connectivity index (χ0v) is 12.0. The number of carbonyl (C=O) groups excluding carboxylic acids is 1. The van der Waals surface area contributed by atoms with Gasteiger partial charge in [0.2, 0.25) is 5.91 Å². The number of rotatable bonds is 5. The van der Waals surface area contributed by atoms with E-state index in [9.17, 15) is 4.79 Å². The SMILES string of the molecule is CN(C)C(=O)Cc1ccc(NCc2ccsc2)cc1. The summed E-state index contributed by atoms with van der Waals surface area (Å²) in [6, 6.07) is 10.1. The molecule has 0 spiro atoms. The van der Waals surface area contributed by atoms with Gasteiger partial charge < -0.3 is 10.2 Å². The van der Waals surface area contributed by atoms with Crippen molar-refractivity contribution < 1.29 is 4.79 Å². The predicted molar refractivity (Wildman–Crippen MR) is 80.5 cm³/mol. The van der Waals surface area contributed by atoms with E-state index in [4.69, 9.17) is 0 Å². The maximum Gasteiger partial charge on any atom is 0.226 e. The molecule has 1 N–H and O–H groups in total. The van der Waals surface area contributed by atoms with Crippen LogP contribution in [0.25, 0.3) is 0 Å². The number of thiophene rings is 1. The molecule has 0 aliphatic carbocycles. The summed E-state index contributed by atoms with van der Waals surface area (Å²) < 4.78 is 0. The lowest BCUT2D eigenvalue weighted by molar-refractivity contribution is -0.127. The van der Waals surface area contributed by atoms with E-state index >= 15 is 0 Å². The van der Waals surface area contributed by atoms with Crippen molar-refractivity contribution in [1.82, 2.24) is 4.90 Å². The van der Waals surface area contributed by atoms with Crippen molar-refractivity contribution in [2.24, 2.45) is 0 Å². The number of nitrogens with one attached hydrogen (secondary N) is 1. The van der Waals surface area contributed by atoms with E-state index < -0.39 is 0 Å². The Morgan fingerprint density at radius 2 is 1.89 bits per heavy atom. The molecule has 2 rings (SSSR count). The number of nitrogens with zero attached hydrogens (tertiary/aromatic N) is 1. The van der Waals surface area contributed by atoms with Crippen molar-refractivity contribution in [2.45, 2.75) is 13.0 Å². The highest BCUT2D eigenvalue weighted by atomic mass is 32.1. The third-order valence-electron chi connectivity index (χ3n) is 2.88. The molecule has 0 fully saturated rings. The second kappa shape index (κ2) is 6.38. The maximum absolute atomic E-state index is 11.6. The molecule has 0 unspecified atom stereocenters. The average Bonchev–Trinajstić information content (AvgIpc) is 2.91. The topological polar surface area (TPSA) is 32.3 Å². The molecule has 2 aromatic rings. The van der Waals surface area contributed by atoms with Crippen LogP contribution in [0.1, 0.15) is 11.1 Å². The molecular weight excluding hydrogens is 256 g/mol. The van der Waals surface area contributed by atoms with Crippen LogP contribution >= 0.6 is 11.3 Å². The van der Waals surface area contributed by atoms with E-state index in [-0.39, 0.29) is 5.91 Å². The summed E-state index contributed by atoms with van der Waals surface area (Å²) in [7, 11) is 3.55. The second-order valence-electron chi connectivity index (χ2n) is 4.65. The normalized spacial score (nSPS) is 10.2. The smallest absolute Gasteiger partial charge is 0.226 e. The van der Waals surface area contributed by atoms with Crippen LogP contribution < -0.4 is 5.32 Å². The Balaban J connectivity index is 1.89. The molecule has 1 amide bonds. The molecule has 4 heteroatoms. The highest BCUT2D eigenvalue weighted by Crippen LogP contribution is 2.13. The Hall–Kier alpha value is -1.81. The number of hydrogen-bond donors (Lipinski definition) is 1. The fraction of sp³-hybridized carbons (Fsp3) is 0.267. The molecular formula is C15H18N2OS. The van der Waals surface area contributed by atoms with Crippen LogP contribution in [0, 0.1) is 0 Å². The van der Waals surface area contributed by atoms with Gasteiger partial charge in [0.05, 0.1) is 6.42 Å². The monoisotopic (exact) mass is 274 g/mol. The molecule has 0 atom stereocenters. The fourth-order valence-electron chi connectivity index (χ4n) is 1.67. The van der Waals surface area contributed by atoms with E-state index in [2.05, 4.69) is 22.1 Å². The number of hydrogen-bond acceptors (Lipinski definition) is 3. The molecule has 100 valence electrons. The lowest BCUT2D eigenvalue weighted by Crippen LogP contribution is -2.23. The predicted octanol–water partition coefficient (Wildman–Crippen LogP) is 2.99. The maximum atomic E-state index is 11.6. The minimum atomic E-state index is 0.124. The number of anilines is 1. The quantitative estimate of drug-likeness (QED) is 0.909. The van der Waals surface area contributed by atoms with Crippen molar-refractivity contribution in [1.29, 1.82) is 0 Å². The molecule has 0 aliphatic heterocycles. The summed E-state index contributed by atoms with van der Waals surface area (Å²) in [4.78, 5) is 13.2. The van der Waals surface area contributed by atoms with Crippen LogP contribution in [0.15, 0.2) is 41.1 Å². The zero-order valence-electron chi connectivity index (χ0n) is 11.2. The summed E-state index contributed by atoms with van der Waals surface area (Å²) in [5, 5.41) is 7.57. The summed E-state index contributed by atoms with van der Waals surface area (Å²) in [5.74, 6) is 0.124. The number of likely N-dealkylation sites (N-methyl/N-ethyl adjacent to an activating group) is 1. The van der Waals surface area contributed by atoms with Crippen molar-refractivity contribution in [3.05, 3.63) is 52.2 Å². The molecule has 3 nitrogen and oxygen atoms in total. The van der Waals surface area contributed by atoms with E-state index in [1.54, 1.807) is 30.3 Å². The van der Waals surface area contributed by atoms with Gasteiger partial charge in [0.1, 0.15) is 0 Å². The third kappa shape index (κ3) is 4.10. The molecule has 0 radical (unpaired) electrons. The Morgan fingerprint density at radius 1 is 1.16 bits per heavy atom. The minimum Gasteiger partial charge on any atom is -0.381 e.